The summed E-state index contributed by atoms with van der Waals surface area (Å²) in [6, 6.07) is 0. The van der Waals surface area contributed by atoms with Crippen molar-refractivity contribution in [2.75, 3.05) is 13.7 Å². The summed E-state index contributed by atoms with van der Waals surface area (Å²) in [5.41, 5.74) is 0.616. The molecule has 0 heterocycles. The number of fused-ring (bicyclic) bond motifs is 1. The van der Waals surface area contributed by atoms with Crippen LogP contribution in [0.5, 0.6) is 0 Å². The van der Waals surface area contributed by atoms with Crippen LogP contribution in [0.1, 0.15) is 65.7 Å². The average Bonchev–Trinajstić information content (AvgIpc) is 3.17. The molecule has 158 valence electrons. The SMILES string of the molecule is CCCCC(C)(C)C(=O)C=C[C@H]1[C@@H]2C/C(=N/OCCC(=O)OC)C[C@H]2C[C@@H]1O. The highest BCUT2D eigenvalue weighted by Gasteiger charge is 2.46. The van der Waals surface area contributed by atoms with Gasteiger partial charge in [0.15, 0.2) is 5.78 Å². The van der Waals surface area contributed by atoms with Crippen LogP contribution in [-0.4, -0.2) is 42.4 Å². The molecule has 0 spiro atoms. The summed E-state index contributed by atoms with van der Waals surface area (Å²) in [5.74, 6) is 0.466. The molecule has 0 aromatic heterocycles. The minimum Gasteiger partial charge on any atom is -0.469 e. The molecule has 2 saturated carbocycles. The first-order chi connectivity index (χ1) is 13.3. The third-order valence-corrected chi connectivity index (χ3v) is 6.17. The molecule has 0 bridgehead atoms. The summed E-state index contributed by atoms with van der Waals surface area (Å²) in [6.07, 6.45) is 8.69. The van der Waals surface area contributed by atoms with Gasteiger partial charge in [0.2, 0.25) is 0 Å². The quantitative estimate of drug-likeness (QED) is 0.265. The number of unbranched alkanes of at least 4 members (excludes halogenated alkanes) is 1. The number of carbonyl (C=O) groups is 2. The number of methoxy groups -OCH3 is 1. The number of rotatable bonds is 10. The summed E-state index contributed by atoms with van der Waals surface area (Å²) in [7, 11) is 1.35. The standard InChI is InChI=1S/C22H35NO5/c1-5-6-10-22(2,3)20(25)8-7-17-18-14-16(12-15(18)13-19(17)24)23-28-11-9-21(26)27-4/h7-8,15,17-19,24H,5-6,9-14H2,1-4H3/b8-7?,23-16+/t15-,17-,18+,19-/m0/s1. The number of ketones is 1. The van der Waals surface area contributed by atoms with Crippen LogP contribution in [0.3, 0.4) is 0 Å². The molecule has 6 nitrogen and oxygen atoms in total. The van der Waals surface area contributed by atoms with Crippen molar-refractivity contribution >= 4 is 17.5 Å². The van der Waals surface area contributed by atoms with Gasteiger partial charge in [0.1, 0.15) is 6.61 Å². The smallest absolute Gasteiger partial charge is 0.309 e. The first-order valence-corrected chi connectivity index (χ1v) is 10.4. The van der Waals surface area contributed by atoms with Crippen LogP contribution in [0.25, 0.3) is 0 Å². The highest BCUT2D eigenvalue weighted by molar-refractivity contribution is 5.94. The Hall–Kier alpha value is -1.69. The first kappa shape index (κ1) is 22.6. The second-order valence-electron chi connectivity index (χ2n) is 8.74. The zero-order valence-corrected chi connectivity index (χ0v) is 17.6. The topological polar surface area (TPSA) is 85.2 Å². The van der Waals surface area contributed by atoms with Crippen LogP contribution in [-0.2, 0) is 19.2 Å². The van der Waals surface area contributed by atoms with Crippen molar-refractivity contribution in [2.24, 2.45) is 28.3 Å². The predicted octanol–water partition coefficient (Wildman–Crippen LogP) is 3.67. The zero-order valence-electron chi connectivity index (χ0n) is 17.6. The lowest BCUT2D eigenvalue weighted by molar-refractivity contribution is -0.141. The summed E-state index contributed by atoms with van der Waals surface area (Å²) in [6.45, 7) is 6.33. The molecular formula is C22H35NO5. The van der Waals surface area contributed by atoms with Crippen LogP contribution < -0.4 is 0 Å². The molecule has 0 saturated heterocycles. The normalized spacial score (nSPS) is 28.7. The molecule has 6 heteroatoms. The Kier molecular flexibility index (Phi) is 8.23. The lowest BCUT2D eigenvalue weighted by atomic mass is 9.81. The van der Waals surface area contributed by atoms with Gasteiger partial charge in [-0.3, -0.25) is 9.59 Å². The van der Waals surface area contributed by atoms with Gasteiger partial charge < -0.3 is 14.7 Å². The molecule has 0 aromatic carbocycles. The van der Waals surface area contributed by atoms with Gasteiger partial charge in [-0.15, -0.1) is 0 Å². The number of esters is 1. The lowest BCUT2D eigenvalue weighted by Gasteiger charge is -2.22. The molecule has 0 aliphatic heterocycles. The zero-order chi connectivity index (χ0) is 20.7. The van der Waals surface area contributed by atoms with Crippen molar-refractivity contribution in [3.63, 3.8) is 0 Å². The molecule has 2 aliphatic rings. The number of carbonyl (C=O) groups excluding carboxylic acids is 2. The molecular weight excluding hydrogens is 358 g/mol. The van der Waals surface area contributed by atoms with Gasteiger partial charge in [-0.1, -0.05) is 44.8 Å². The molecule has 0 aromatic rings. The first-order valence-electron chi connectivity index (χ1n) is 10.4. The number of aliphatic hydroxyl groups is 1. The summed E-state index contributed by atoms with van der Waals surface area (Å²) in [4.78, 5) is 28.9. The van der Waals surface area contributed by atoms with Crippen LogP contribution in [0.4, 0.5) is 0 Å². The van der Waals surface area contributed by atoms with Crippen molar-refractivity contribution in [3.8, 4) is 0 Å². The minimum atomic E-state index is -0.403. The van der Waals surface area contributed by atoms with E-state index in [9.17, 15) is 14.7 Å². The summed E-state index contributed by atoms with van der Waals surface area (Å²) < 4.78 is 4.57. The maximum absolute atomic E-state index is 12.6. The fraction of sp³-hybridized carbons (Fsp3) is 0.773. The second kappa shape index (κ2) is 10.2. The Morgan fingerprint density at radius 2 is 2.07 bits per heavy atom. The highest BCUT2D eigenvalue weighted by Crippen LogP contribution is 2.47. The third kappa shape index (κ3) is 5.90. The number of ether oxygens (including phenoxy) is 1. The predicted molar refractivity (Wildman–Crippen MR) is 108 cm³/mol. The highest BCUT2D eigenvalue weighted by atomic mass is 16.6. The fourth-order valence-electron chi connectivity index (χ4n) is 4.32. The van der Waals surface area contributed by atoms with E-state index in [1.54, 1.807) is 6.08 Å². The van der Waals surface area contributed by atoms with E-state index >= 15 is 0 Å². The molecule has 0 radical (unpaired) electrons. The van der Waals surface area contributed by atoms with E-state index in [4.69, 9.17) is 4.84 Å². The second-order valence-corrected chi connectivity index (χ2v) is 8.74. The Bertz CT molecular complexity index is 610. The van der Waals surface area contributed by atoms with Crippen molar-refractivity contribution in [1.29, 1.82) is 0 Å². The number of nitrogens with zero attached hydrogens (tertiary/aromatic N) is 1. The van der Waals surface area contributed by atoms with Crippen molar-refractivity contribution in [2.45, 2.75) is 71.8 Å². The molecule has 1 N–H and O–H groups in total. The molecule has 2 aliphatic carbocycles. The van der Waals surface area contributed by atoms with Gasteiger partial charge in [-0.25, -0.2) is 0 Å². The van der Waals surface area contributed by atoms with Crippen molar-refractivity contribution < 1.29 is 24.3 Å². The number of hydrogen-bond acceptors (Lipinski definition) is 6. The van der Waals surface area contributed by atoms with Crippen LogP contribution in [0, 0.1) is 23.2 Å². The van der Waals surface area contributed by atoms with Gasteiger partial charge in [0, 0.05) is 11.3 Å². The van der Waals surface area contributed by atoms with Gasteiger partial charge in [-0.2, -0.15) is 0 Å². The molecule has 0 amide bonds. The Labute approximate surface area is 168 Å². The Morgan fingerprint density at radius 3 is 2.75 bits per heavy atom. The maximum Gasteiger partial charge on any atom is 0.309 e. The molecule has 2 rings (SSSR count). The van der Waals surface area contributed by atoms with Gasteiger partial charge in [-0.05, 0) is 43.6 Å². The molecule has 0 unspecified atom stereocenters. The van der Waals surface area contributed by atoms with E-state index in [-0.39, 0.29) is 36.1 Å². The number of oxime groups is 1. The van der Waals surface area contributed by atoms with E-state index in [0.29, 0.717) is 11.8 Å². The van der Waals surface area contributed by atoms with Gasteiger partial charge in [0.05, 0.1) is 25.3 Å². The largest absolute Gasteiger partial charge is 0.469 e. The van der Waals surface area contributed by atoms with Gasteiger partial charge in [0.25, 0.3) is 0 Å². The number of hydrogen-bond donors (Lipinski definition) is 1. The van der Waals surface area contributed by atoms with Crippen molar-refractivity contribution in [3.05, 3.63) is 12.2 Å². The summed E-state index contributed by atoms with van der Waals surface area (Å²) in [5, 5.41) is 14.6. The van der Waals surface area contributed by atoms with E-state index in [1.165, 1.54) is 7.11 Å². The average molecular weight is 394 g/mol. The van der Waals surface area contributed by atoms with Crippen molar-refractivity contribution in [1.82, 2.24) is 0 Å². The molecule has 2 fully saturated rings. The third-order valence-electron chi connectivity index (χ3n) is 6.17. The number of aliphatic hydroxyl groups excluding tert-OH is 1. The van der Waals surface area contributed by atoms with E-state index < -0.39 is 6.10 Å². The lowest BCUT2D eigenvalue weighted by Crippen LogP contribution is -2.23. The maximum atomic E-state index is 12.6. The van der Waals surface area contributed by atoms with E-state index in [1.807, 2.05) is 19.9 Å². The van der Waals surface area contributed by atoms with Crippen LogP contribution in [0.2, 0.25) is 0 Å². The molecule has 4 atom stereocenters. The number of allylic oxidation sites excluding steroid dienone is 1. The van der Waals surface area contributed by atoms with Crippen LogP contribution >= 0.6 is 0 Å². The van der Waals surface area contributed by atoms with Crippen LogP contribution in [0.15, 0.2) is 17.3 Å². The monoisotopic (exact) mass is 393 g/mol. The molecule has 28 heavy (non-hydrogen) atoms. The summed E-state index contributed by atoms with van der Waals surface area (Å²) >= 11 is 0. The Morgan fingerprint density at radius 1 is 1.32 bits per heavy atom. The van der Waals surface area contributed by atoms with E-state index in [2.05, 4.69) is 16.8 Å². The van der Waals surface area contributed by atoms with E-state index in [0.717, 1.165) is 44.2 Å². The minimum absolute atomic E-state index is 0.0151. The van der Waals surface area contributed by atoms with Gasteiger partial charge >= 0.3 is 5.97 Å². The Balaban J connectivity index is 1.91. The fourth-order valence-corrected chi connectivity index (χ4v) is 4.32.